The molecule has 5 heteroatoms. The minimum absolute atomic E-state index is 0.0498. The van der Waals surface area contributed by atoms with Gasteiger partial charge in [0.1, 0.15) is 16.8 Å². The Kier molecular flexibility index (Phi) is 4.93. The summed E-state index contributed by atoms with van der Waals surface area (Å²) in [7, 11) is 0. The number of aryl methyl sites for hydroxylation is 1. The lowest BCUT2D eigenvalue weighted by atomic mass is 9.83. The Balaban J connectivity index is 1.72. The van der Waals surface area contributed by atoms with Gasteiger partial charge in [-0.15, -0.1) is 11.3 Å². The van der Waals surface area contributed by atoms with Gasteiger partial charge in [0.05, 0.1) is 10.2 Å². The van der Waals surface area contributed by atoms with Crippen LogP contribution in [0, 0.1) is 22.7 Å². The second-order valence-electron chi connectivity index (χ2n) is 8.61. The zero-order chi connectivity index (χ0) is 22.3. The Hall–Kier alpha value is -3.67. The van der Waals surface area contributed by atoms with Crippen molar-refractivity contribution in [2.75, 3.05) is 11.4 Å². The van der Waals surface area contributed by atoms with Crippen molar-refractivity contribution in [3.63, 3.8) is 0 Å². The van der Waals surface area contributed by atoms with Crippen molar-refractivity contribution in [3.8, 4) is 23.4 Å². The molecule has 2 aromatic carbocycles. The molecule has 0 N–H and O–H groups in total. The predicted octanol–water partition coefficient (Wildman–Crippen LogP) is 4.42. The van der Waals surface area contributed by atoms with Gasteiger partial charge in [0.25, 0.3) is 0 Å². The number of allylic oxidation sites excluding steroid dienone is 2. The number of nitrogens with zero attached hydrogens (tertiary/aromatic N) is 4. The number of anilines is 1. The molecular weight excluding hydrogens is 412 g/mol. The van der Waals surface area contributed by atoms with E-state index in [9.17, 15) is 10.5 Å². The Morgan fingerprint density at radius 3 is 2.59 bits per heavy atom. The molecule has 0 saturated heterocycles. The molecule has 0 fully saturated rings. The molecular formula is C27H22N4S. The van der Waals surface area contributed by atoms with Gasteiger partial charge in [-0.3, -0.25) is 0 Å². The van der Waals surface area contributed by atoms with Crippen LogP contribution in [0.25, 0.3) is 22.9 Å². The molecule has 32 heavy (non-hydrogen) atoms. The lowest BCUT2D eigenvalue weighted by Gasteiger charge is -2.30. The van der Waals surface area contributed by atoms with E-state index in [1.165, 1.54) is 33.8 Å². The number of rotatable bonds is 2. The molecule has 0 spiro atoms. The molecule has 0 saturated carbocycles. The van der Waals surface area contributed by atoms with Crippen molar-refractivity contribution in [3.05, 3.63) is 80.6 Å². The SMILES string of the molecule is CC1(C)/C(=C\C=c2\sc(=C(C#N)C#N)nc2-c2ccccc2)N2CCCc3cccc1c32. The summed E-state index contributed by atoms with van der Waals surface area (Å²) in [5.74, 6) is 0. The minimum Gasteiger partial charge on any atom is -0.344 e. The molecule has 0 radical (unpaired) electrons. The zero-order valence-electron chi connectivity index (χ0n) is 18.1. The maximum atomic E-state index is 9.35. The topological polar surface area (TPSA) is 63.7 Å². The van der Waals surface area contributed by atoms with Gasteiger partial charge in [-0.1, -0.05) is 62.4 Å². The maximum Gasteiger partial charge on any atom is 0.165 e. The lowest BCUT2D eigenvalue weighted by Crippen LogP contribution is -2.29. The number of para-hydroxylation sites is 1. The second-order valence-corrected chi connectivity index (χ2v) is 9.64. The molecule has 1 aromatic heterocycles. The highest BCUT2D eigenvalue weighted by Gasteiger charge is 2.41. The number of benzene rings is 2. The van der Waals surface area contributed by atoms with E-state index in [4.69, 9.17) is 0 Å². The number of hydrogen-bond acceptors (Lipinski definition) is 5. The van der Waals surface area contributed by atoms with E-state index < -0.39 is 0 Å². The first kappa shape index (κ1) is 20.2. The van der Waals surface area contributed by atoms with Crippen LogP contribution in [0.1, 0.15) is 31.4 Å². The Morgan fingerprint density at radius 2 is 1.84 bits per heavy atom. The van der Waals surface area contributed by atoms with E-state index >= 15 is 0 Å². The van der Waals surface area contributed by atoms with Crippen molar-refractivity contribution in [1.29, 1.82) is 10.5 Å². The van der Waals surface area contributed by atoms with Crippen molar-refractivity contribution in [1.82, 2.24) is 4.98 Å². The maximum absolute atomic E-state index is 9.35. The molecule has 3 aromatic rings. The molecule has 0 aliphatic carbocycles. The number of hydrogen-bond donors (Lipinski definition) is 0. The van der Waals surface area contributed by atoms with Crippen LogP contribution in [-0.2, 0) is 11.8 Å². The third-order valence-corrected chi connectivity index (χ3v) is 7.39. The van der Waals surface area contributed by atoms with Gasteiger partial charge in [0.2, 0.25) is 0 Å². The first-order chi connectivity index (χ1) is 15.5. The normalized spacial score (nSPS) is 17.7. The first-order valence-electron chi connectivity index (χ1n) is 10.7. The highest BCUT2D eigenvalue weighted by molar-refractivity contribution is 7.08. The van der Waals surface area contributed by atoms with Crippen molar-refractivity contribution in [2.24, 2.45) is 0 Å². The standard InChI is InChI=1S/C27H22N4S/c1-27(2)21-12-6-10-19-11-7-15-31(25(19)21)23(27)14-13-22-24(18-8-4-3-5-9-18)30-26(32-22)20(16-28)17-29/h3-6,8-10,12-14H,7,11,15H2,1-2H3/b22-13+,23-14+. The summed E-state index contributed by atoms with van der Waals surface area (Å²) < 4.78 is 1.42. The molecule has 4 nitrogen and oxygen atoms in total. The largest absolute Gasteiger partial charge is 0.344 e. The summed E-state index contributed by atoms with van der Waals surface area (Å²) in [6, 6.07) is 20.6. The van der Waals surface area contributed by atoms with Gasteiger partial charge < -0.3 is 4.90 Å². The molecule has 0 atom stereocenters. The Bertz CT molecular complexity index is 1430. The van der Waals surface area contributed by atoms with Gasteiger partial charge >= 0.3 is 0 Å². The Morgan fingerprint density at radius 1 is 1.06 bits per heavy atom. The summed E-state index contributed by atoms with van der Waals surface area (Å²) in [5, 5.41) is 18.7. The van der Waals surface area contributed by atoms with Gasteiger partial charge in [-0.25, -0.2) is 4.98 Å². The van der Waals surface area contributed by atoms with Gasteiger partial charge in [-0.2, -0.15) is 10.5 Å². The summed E-state index contributed by atoms with van der Waals surface area (Å²) in [6.07, 6.45) is 6.58. The fourth-order valence-electron chi connectivity index (χ4n) is 4.80. The van der Waals surface area contributed by atoms with E-state index in [1.54, 1.807) is 0 Å². The number of nitriles is 2. The summed E-state index contributed by atoms with van der Waals surface area (Å²) in [4.78, 5) is 7.14. The fourth-order valence-corrected chi connectivity index (χ4v) is 5.73. The van der Waals surface area contributed by atoms with Crippen molar-refractivity contribution in [2.45, 2.75) is 32.1 Å². The van der Waals surface area contributed by atoms with Crippen LogP contribution >= 0.6 is 11.3 Å². The van der Waals surface area contributed by atoms with E-state index in [0.29, 0.717) is 4.66 Å². The van der Waals surface area contributed by atoms with Gasteiger partial charge in [0, 0.05) is 28.9 Å². The monoisotopic (exact) mass is 434 g/mol. The average molecular weight is 435 g/mol. The van der Waals surface area contributed by atoms with Crippen LogP contribution in [0.4, 0.5) is 5.69 Å². The molecule has 156 valence electrons. The van der Waals surface area contributed by atoms with Gasteiger partial charge in [-0.05, 0) is 36.1 Å². The predicted molar refractivity (Wildman–Crippen MR) is 129 cm³/mol. The third-order valence-electron chi connectivity index (χ3n) is 6.35. The summed E-state index contributed by atoms with van der Waals surface area (Å²) in [5.41, 5.74) is 7.20. The van der Waals surface area contributed by atoms with E-state index in [2.05, 4.69) is 54.1 Å². The Labute approximate surface area is 191 Å². The minimum atomic E-state index is -0.0940. The molecule has 0 amide bonds. The van der Waals surface area contributed by atoms with Crippen LogP contribution in [-0.4, -0.2) is 11.5 Å². The van der Waals surface area contributed by atoms with Gasteiger partial charge in [0.15, 0.2) is 5.57 Å². The van der Waals surface area contributed by atoms with E-state index in [-0.39, 0.29) is 11.0 Å². The van der Waals surface area contributed by atoms with Crippen molar-refractivity contribution >= 4 is 28.7 Å². The van der Waals surface area contributed by atoms with Crippen LogP contribution in [0.15, 0.2) is 60.3 Å². The fraction of sp³-hybridized carbons (Fsp3) is 0.222. The van der Waals surface area contributed by atoms with Crippen molar-refractivity contribution < 1.29 is 0 Å². The van der Waals surface area contributed by atoms with E-state index in [1.807, 2.05) is 42.5 Å². The molecule has 0 unspecified atom stereocenters. The molecule has 5 rings (SSSR count). The van der Waals surface area contributed by atoms with Crippen LogP contribution in [0.3, 0.4) is 0 Å². The summed E-state index contributed by atoms with van der Waals surface area (Å²) >= 11 is 1.39. The molecule has 0 bridgehead atoms. The lowest BCUT2D eigenvalue weighted by molar-refractivity contribution is 0.626. The molecule has 2 aliphatic heterocycles. The highest BCUT2D eigenvalue weighted by atomic mass is 32.1. The highest BCUT2D eigenvalue weighted by Crippen LogP contribution is 2.50. The quantitative estimate of drug-likeness (QED) is 0.599. The zero-order valence-corrected chi connectivity index (χ0v) is 18.9. The van der Waals surface area contributed by atoms with Crippen LogP contribution in [0.5, 0.6) is 0 Å². The smallest absolute Gasteiger partial charge is 0.165 e. The van der Waals surface area contributed by atoms with Crippen LogP contribution in [0.2, 0.25) is 0 Å². The van der Waals surface area contributed by atoms with E-state index in [0.717, 1.165) is 35.2 Å². The number of aromatic nitrogens is 1. The second kappa shape index (κ2) is 7.79. The third kappa shape index (κ3) is 3.14. The molecule has 3 heterocycles. The number of thiazole rings is 1. The molecule has 2 aliphatic rings. The summed E-state index contributed by atoms with van der Waals surface area (Å²) in [6.45, 7) is 5.59. The van der Waals surface area contributed by atoms with Crippen LogP contribution < -0.4 is 14.1 Å². The average Bonchev–Trinajstić information content (AvgIpc) is 3.32. The first-order valence-corrected chi connectivity index (χ1v) is 11.6.